The van der Waals surface area contributed by atoms with Crippen LogP contribution in [-0.4, -0.2) is 10.8 Å². The molecule has 29 heavy (non-hydrogen) atoms. The molecule has 3 aromatic carbocycles. The molecule has 2 atom stereocenters. The molecule has 0 fully saturated rings. The normalized spacial score (nSPS) is 19.1. The van der Waals surface area contributed by atoms with E-state index in [4.69, 9.17) is 16.6 Å². The largest absolute Gasteiger partial charge is 0.508 e. The van der Waals surface area contributed by atoms with Gasteiger partial charge in [-0.25, -0.2) is 0 Å². The number of aryl methyl sites for hydroxylation is 1. The van der Waals surface area contributed by atoms with Crippen LogP contribution in [-0.2, 0) is 6.42 Å². The van der Waals surface area contributed by atoms with Gasteiger partial charge in [0.05, 0.1) is 0 Å². The summed E-state index contributed by atoms with van der Waals surface area (Å²) < 4.78 is 0.928. The molecule has 0 aliphatic carbocycles. The van der Waals surface area contributed by atoms with Crippen LogP contribution >= 0.6 is 27.5 Å². The fourth-order valence-corrected chi connectivity index (χ4v) is 4.29. The molecule has 5 heteroatoms. The van der Waals surface area contributed by atoms with E-state index < -0.39 is 0 Å². The topological polar surface area (TPSA) is 44.6 Å². The lowest BCUT2D eigenvalue weighted by Crippen LogP contribution is -2.33. The Balaban J connectivity index is 1.77. The number of phenolic OH excluding ortho intramolecular Hbond substituents is 1. The summed E-state index contributed by atoms with van der Waals surface area (Å²) in [6.07, 6.45) is 1.39. The van der Waals surface area contributed by atoms with Crippen molar-refractivity contribution >= 4 is 33.2 Å². The number of phenols is 1. The van der Waals surface area contributed by atoms with E-state index in [0.717, 1.165) is 33.3 Å². The molecule has 1 aliphatic rings. The molecule has 0 aromatic heterocycles. The second kappa shape index (κ2) is 8.70. The number of aliphatic imine (C=N–C) groups is 1. The highest BCUT2D eigenvalue weighted by Gasteiger charge is 2.28. The van der Waals surface area contributed by atoms with E-state index in [2.05, 4.69) is 52.4 Å². The zero-order chi connectivity index (χ0) is 20.4. The van der Waals surface area contributed by atoms with Crippen LogP contribution in [0.25, 0.3) is 0 Å². The third-order valence-electron chi connectivity index (χ3n) is 5.30. The summed E-state index contributed by atoms with van der Waals surface area (Å²) >= 11 is 10.00. The Kier molecular flexibility index (Phi) is 6.04. The fraction of sp³-hybridized carbons (Fsp3) is 0.208. The number of halogens is 2. The van der Waals surface area contributed by atoms with Crippen LogP contribution in [0.3, 0.4) is 0 Å². The fourth-order valence-electron chi connectivity index (χ4n) is 3.67. The van der Waals surface area contributed by atoms with Crippen molar-refractivity contribution in [2.45, 2.75) is 32.0 Å². The summed E-state index contributed by atoms with van der Waals surface area (Å²) in [6, 6.07) is 21.7. The van der Waals surface area contributed by atoms with E-state index in [0.29, 0.717) is 11.4 Å². The van der Waals surface area contributed by atoms with E-state index in [1.54, 1.807) is 6.07 Å². The lowest BCUT2D eigenvalue weighted by Gasteiger charge is -2.31. The van der Waals surface area contributed by atoms with Crippen LogP contribution in [0.4, 0.5) is 0 Å². The van der Waals surface area contributed by atoms with Crippen LogP contribution in [0, 0.1) is 0 Å². The van der Waals surface area contributed by atoms with Crippen molar-refractivity contribution in [2.75, 3.05) is 0 Å². The van der Waals surface area contributed by atoms with Gasteiger partial charge in [-0.1, -0.05) is 76.9 Å². The Bertz CT molecular complexity index is 1050. The van der Waals surface area contributed by atoms with Crippen molar-refractivity contribution in [3.63, 3.8) is 0 Å². The van der Waals surface area contributed by atoms with Crippen LogP contribution in [0.2, 0.25) is 5.02 Å². The average molecular weight is 470 g/mol. The predicted octanol–water partition coefficient (Wildman–Crippen LogP) is 6.59. The first-order valence-electron chi connectivity index (χ1n) is 9.70. The molecule has 0 bridgehead atoms. The lowest BCUT2D eigenvalue weighted by atomic mass is 9.93. The second-order valence-corrected chi connectivity index (χ2v) is 8.50. The Morgan fingerprint density at radius 2 is 1.83 bits per heavy atom. The van der Waals surface area contributed by atoms with Gasteiger partial charge >= 0.3 is 0 Å². The average Bonchev–Trinajstić information content (AvgIpc) is 2.75. The number of aromatic hydroxyl groups is 1. The molecule has 4 rings (SSSR count). The van der Waals surface area contributed by atoms with Gasteiger partial charge < -0.3 is 5.11 Å². The Labute approximate surface area is 184 Å². The maximum atomic E-state index is 10.5. The van der Waals surface area contributed by atoms with Crippen molar-refractivity contribution in [1.82, 2.24) is 5.32 Å². The molecule has 148 valence electrons. The zero-order valence-corrected chi connectivity index (χ0v) is 18.4. The first kappa shape index (κ1) is 20.1. The molecule has 1 aliphatic heterocycles. The molecule has 0 radical (unpaired) electrons. The minimum atomic E-state index is -0.290. The Hall–Kier alpha value is -2.14. The zero-order valence-electron chi connectivity index (χ0n) is 16.1. The van der Waals surface area contributed by atoms with Crippen LogP contribution < -0.4 is 5.32 Å². The van der Waals surface area contributed by atoms with Crippen molar-refractivity contribution in [3.8, 4) is 5.75 Å². The lowest BCUT2D eigenvalue weighted by molar-refractivity contribution is 0.412. The maximum Gasteiger partial charge on any atom is 0.127 e. The van der Waals surface area contributed by atoms with Crippen LogP contribution in [0.15, 0.2) is 76.2 Å². The van der Waals surface area contributed by atoms with E-state index in [-0.39, 0.29) is 18.0 Å². The number of nitrogens with zero attached hydrogens (tertiary/aromatic N) is 1. The smallest absolute Gasteiger partial charge is 0.127 e. The highest BCUT2D eigenvalue weighted by Crippen LogP contribution is 2.37. The summed E-state index contributed by atoms with van der Waals surface area (Å²) in [5.41, 5.74) is 5.16. The van der Waals surface area contributed by atoms with Crippen molar-refractivity contribution < 1.29 is 5.11 Å². The summed E-state index contributed by atoms with van der Waals surface area (Å²) in [5.74, 6) is 0.270. The minimum absolute atomic E-state index is 0.0906. The van der Waals surface area contributed by atoms with Gasteiger partial charge in [-0.15, -0.1) is 0 Å². The van der Waals surface area contributed by atoms with Crippen molar-refractivity contribution in [1.29, 1.82) is 0 Å². The van der Waals surface area contributed by atoms with E-state index in [1.807, 2.05) is 36.4 Å². The summed E-state index contributed by atoms with van der Waals surface area (Å²) in [7, 11) is 0. The van der Waals surface area contributed by atoms with Crippen LogP contribution in [0.1, 0.15) is 47.8 Å². The van der Waals surface area contributed by atoms with Crippen molar-refractivity contribution in [3.05, 3.63) is 98.5 Å². The van der Waals surface area contributed by atoms with Crippen molar-refractivity contribution in [2.24, 2.45) is 4.99 Å². The number of benzene rings is 3. The third kappa shape index (κ3) is 4.40. The summed E-state index contributed by atoms with van der Waals surface area (Å²) in [6.45, 7) is 2.15. The van der Waals surface area contributed by atoms with E-state index in [1.165, 1.54) is 5.56 Å². The molecule has 3 nitrogen and oxygen atoms in total. The molecular weight excluding hydrogens is 448 g/mol. The summed E-state index contributed by atoms with van der Waals surface area (Å²) in [5, 5.41) is 14.7. The minimum Gasteiger partial charge on any atom is -0.508 e. The molecule has 0 saturated heterocycles. The quantitative estimate of drug-likeness (QED) is 0.452. The van der Waals surface area contributed by atoms with Gasteiger partial charge in [0.25, 0.3) is 0 Å². The molecular formula is C24H22BrClN2O. The van der Waals surface area contributed by atoms with Gasteiger partial charge in [0.2, 0.25) is 0 Å². The monoisotopic (exact) mass is 468 g/mol. The van der Waals surface area contributed by atoms with Gasteiger partial charge in [-0.3, -0.25) is 10.3 Å². The van der Waals surface area contributed by atoms with Gasteiger partial charge in [-0.05, 0) is 41.8 Å². The predicted molar refractivity (Wildman–Crippen MR) is 123 cm³/mol. The Morgan fingerprint density at radius 3 is 2.55 bits per heavy atom. The van der Waals surface area contributed by atoms with Gasteiger partial charge in [-0.2, -0.15) is 0 Å². The molecule has 3 aromatic rings. The number of nitrogens with one attached hydrogen (secondary N) is 1. The SMILES string of the molecule is CCc1ccc(C2=N[C@H](c3ccccc3Cl)N[C@H](c3cc(Br)ccc3O)C2)cc1. The molecule has 0 saturated carbocycles. The third-order valence-corrected chi connectivity index (χ3v) is 6.14. The summed E-state index contributed by atoms with van der Waals surface area (Å²) in [4.78, 5) is 4.99. The first-order chi connectivity index (χ1) is 14.0. The molecule has 1 heterocycles. The van der Waals surface area contributed by atoms with Gasteiger partial charge in [0, 0.05) is 38.8 Å². The van der Waals surface area contributed by atoms with Crippen LogP contribution in [0.5, 0.6) is 5.75 Å². The number of hydrogen-bond donors (Lipinski definition) is 2. The number of hydrogen-bond acceptors (Lipinski definition) is 3. The van der Waals surface area contributed by atoms with Gasteiger partial charge in [0.1, 0.15) is 11.9 Å². The molecule has 0 spiro atoms. The number of rotatable bonds is 4. The Morgan fingerprint density at radius 1 is 1.07 bits per heavy atom. The highest BCUT2D eigenvalue weighted by atomic mass is 79.9. The molecule has 2 N–H and O–H groups in total. The maximum absolute atomic E-state index is 10.5. The van der Waals surface area contributed by atoms with E-state index >= 15 is 0 Å². The molecule has 0 unspecified atom stereocenters. The molecule has 0 amide bonds. The first-order valence-corrected chi connectivity index (χ1v) is 10.9. The standard InChI is InChI=1S/C24H22BrClN2O/c1-2-15-7-9-16(10-8-15)21-14-22(19-13-17(25)11-12-23(19)29)28-24(27-21)18-5-3-4-6-20(18)26/h3-13,22,24,28-29H,2,14H2,1H3/t22-,24-/m0/s1. The highest BCUT2D eigenvalue weighted by molar-refractivity contribution is 9.10. The van der Waals surface area contributed by atoms with Gasteiger partial charge in [0.15, 0.2) is 0 Å². The second-order valence-electron chi connectivity index (χ2n) is 7.18. The van der Waals surface area contributed by atoms with E-state index in [9.17, 15) is 5.11 Å².